The van der Waals surface area contributed by atoms with Gasteiger partial charge in [0.1, 0.15) is 11.5 Å². The van der Waals surface area contributed by atoms with Crippen molar-refractivity contribution < 1.29 is 23.9 Å². The maximum Gasteiger partial charge on any atom is 0.267 e. The Morgan fingerprint density at radius 2 is 1.08 bits per heavy atom. The Morgan fingerprint density at radius 3 is 1.63 bits per heavy atom. The Labute approximate surface area is 227 Å². The number of nitrogens with zero attached hydrogens (tertiary/aromatic N) is 2. The predicted octanol–water partition coefficient (Wildman–Crippen LogP) is 6.50. The van der Waals surface area contributed by atoms with E-state index in [9.17, 15) is 19.2 Å². The number of hydrogen-bond acceptors (Lipinski definition) is 5. The third-order valence-electron chi connectivity index (χ3n) is 6.01. The number of carbonyl (C=O) groups is 4. The Morgan fingerprint density at radius 1 is 0.553 bits per heavy atom. The van der Waals surface area contributed by atoms with Gasteiger partial charge in [-0.3, -0.25) is 24.1 Å². The summed E-state index contributed by atoms with van der Waals surface area (Å²) in [7, 11) is 1.45. The van der Waals surface area contributed by atoms with Crippen LogP contribution in [0.2, 0.25) is 10.0 Å². The molecule has 0 bridgehead atoms. The van der Waals surface area contributed by atoms with Crippen molar-refractivity contribution in [3.05, 3.63) is 123 Å². The first-order chi connectivity index (χ1) is 18.3. The second-order valence-electron chi connectivity index (χ2n) is 8.35. The van der Waals surface area contributed by atoms with E-state index in [1.54, 1.807) is 60.7 Å². The molecule has 0 fully saturated rings. The number of benzene rings is 4. The molecule has 2 heterocycles. The lowest BCUT2D eigenvalue weighted by molar-refractivity contribution is 0.0692. The number of carbonyl (C=O) groups excluding carboxylic acids is 4. The normalized spacial score (nSPS) is 13.8. The van der Waals surface area contributed by atoms with Crippen LogP contribution in [0.4, 0.5) is 5.69 Å². The number of hydrogen-bond donors (Lipinski definition) is 0. The topological polar surface area (TPSA) is 84.0 Å². The molecule has 4 aromatic rings. The number of amides is 4. The molecule has 4 aromatic carbocycles. The van der Waals surface area contributed by atoms with Gasteiger partial charge in [0.25, 0.3) is 23.6 Å². The van der Waals surface area contributed by atoms with Gasteiger partial charge in [0, 0.05) is 7.05 Å². The van der Waals surface area contributed by atoms with Crippen molar-refractivity contribution in [1.29, 1.82) is 0 Å². The average Bonchev–Trinajstić information content (AvgIpc) is 3.31. The third kappa shape index (κ3) is 4.42. The Kier molecular flexibility index (Phi) is 6.72. The fraction of sp³-hybridized carbons (Fsp3) is 0.0345. The van der Waals surface area contributed by atoms with Gasteiger partial charge in [0.15, 0.2) is 0 Å². The van der Waals surface area contributed by atoms with Crippen molar-refractivity contribution in [3.63, 3.8) is 0 Å². The molecular formula is C29H18Cl2N2O5. The van der Waals surface area contributed by atoms with Gasteiger partial charge in [-0.2, -0.15) is 0 Å². The van der Waals surface area contributed by atoms with E-state index >= 15 is 0 Å². The molecule has 9 heteroatoms. The summed E-state index contributed by atoms with van der Waals surface area (Å²) in [4.78, 5) is 50.2. The molecule has 0 atom stereocenters. The van der Waals surface area contributed by atoms with E-state index < -0.39 is 5.91 Å². The summed E-state index contributed by atoms with van der Waals surface area (Å²) < 4.78 is 5.72. The fourth-order valence-electron chi connectivity index (χ4n) is 4.13. The minimum atomic E-state index is -0.415. The van der Waals surface area contributed by atoms with E-state index in [0.29, 0.717) is 38.9 Å². The monoisotopic (exact) mass is 544 g/mol. The van der Waals surface area contributed by atoms with E-state index in [4.69, 9.17) is 27.9 Å². The lowest BCUT2D eigenvalue weighted by Gasteiger charge is -2.14. The zero-order chi connectivity index (χ0) is 27.0. The number of rotatable bonds is 3. The van der Waals surface area contributed by atoms with Crippen LogP contribution in [0, 0.1) is 0 Å². The van der Waals surface area contributed by atoms with Gasteiger partial charge in [-0.1, -0.05) is 53.5 Å². The van der Waals surface area contributed by atoms with Crippen molar-refractivity contribution in [2.75, 3.05) is 11.9 Å². The van der Waals surface area contributed by atoms with E-state index in [2.05, 4.69) is 0 Å². The molecule has 0 spiro atoms. The maximum atomic E-state index is 12.6. The van der Waals surface area contributed by atoms with Crippen LogP contribution in [0.25, 0.3) is 0 Å². The minimum absolute atomic E-state index is 0.249. The molecule has 0 aromatic heterocycles. The number of anilines is 1. The van der Waals surface area contributed by atoms with Crippen LogP contribution < -0.4 is 9.64 Å². The van der Waals surface area contributed by atoms with Gasteiger partial charge in [-0.25, -0.2) is 4.90 Å². The minimum Gasteiger partial charge on any atom is -0.457 e. The van der Waals surface area contributed by atoms with Gasteiger partial charge in [0.2, 0.25) is 0 Å². The van der Waals surface area contributed by atoms with Crippen LogP contribution in [0.15, 0.2) is 91.0 Å². The molecule has 4 amide bonds. The molecule has 0 unspecified atom stereocenters. The molecule has 0 saturated carbocycles. The molecule has 38 heavy (non-hydrogen) atoms. The Bertz CT molecular complexity index is 1600. The van der Waals surface area contributed by atoms with Crippen molar-refractivity contribution in [1.82, 2.24) is 4.90 Å². The zero-order valence-electron chi connectivity index (χ0n) is 19.9. The molecule has 0 N–H and O–H groups in total. The van der Waals surface area contributed by atoms with Crippen LogP contribution in [0.1, 0.15) is 41.4 Å². The zero-order valence-corrected chi connectivity index (χ0v) is 21.4. The van der Waals surface area contributed by atoms with Crippen molar-refractivity contribution >= 4 is 52.5 Å². The fourth-order valence-corrected chi connectivity index (χ4v) is 4.64. The SMILES string of the molecule is CN1C(=O)c2cccc(Cl)c2C1=O.O=C1c2cccc(Cl)c2C(=O)N1c1ccc(Oc2ccccc2)cc1. The Hall–Kier alpha value is -4.46. The second kappa shape index (κ2) is 10.1. The molecule has 0 radical (unpaired) electrons. The number of ether oxygens (including phenoxy) is 1. The maximum absolute atomic E-state index is 12.6. The predicted molar refractivity (Wildman–Crippen MR) is 143 cm³/mol. The van der Waals surface area contributed by atoms with Crippen molar-refractivity contribution in [2.45, 2.75) is 0 Å². The number of imide groups is 2. The highest BCUT2D eigenvalue weighted by atomic mass is 35.5. The summed E-state index contributed by atoms with van der Waals surface area (Å²) in [6.45, 7) is 0. The van der Waals surface area contributed by atoms with Crippen LogP contribution in [0.5, 0.6) is 11.5 Å². The highest BCUT2D eigenvalue weighted by Gasteiger charge is 2.38. The molecule has 0 aliphatic carbocycles. The van der Waals surface area contributed by atoms with E-state index in [1.165, 1.54) is 7.05 Å². The Balaban J connectivity index is 0.000000190. The summed E-state index contributed by atoms with van der Waals surface area (Å²) in [5.74, 6) is -0.0815. The summed E-state index contributed by atoms with van der Waals surface area (Å²) >= 11 is 11.9. The third-order valence-corrected chi connectivity index (χ3v) is 6.63. The van der Waals surface area contributed by atoms with Crippen LogP contribution >= 0.6 is 23.2 Å². The smallest absolute Gasteiger partial charge is 0.267 e. The number of para-hydroxylation sites is 1. The van der Waals surface area contributed by atoms with Gasteiger partial charge >= 0.3 is 0 Å². The van der Waals surface area contributed by atoms with E-state index in [-0.39, 0.29) is 28.3 Å². The molecule has 7 nitrogen and oxygen atoms in total. The molecule has 2 aliphatic rings. The van der Waals surface area contributed by atoms with Gasteiger partial charge < -0.3 is 4.74 Å². The quantitative estimate of drug-likeness (QED) is 0.275. The standard InChI is InChI=1S/C20H12ClNO3.C9H6ClNO2/c21-17-8-4-7-16-18(17)20(24)22(19(16)23)13-9-11-15(12-10-13)25-14-5-2-1-3-6-14;1-11-8(12)5-3-2-4-6(10)7(5)9(11)13/h1-12H;2-4H,1H3. The summed E-state index contributed by atoms with van der Waals surface area (Å²) in [6.07, 6.45) is 0. The van der Waals surface area contributed by atoms with Gasteiger partial charge in [-0.05, 0) is 60.7 Å². The number of fused-ring (bicyclic) bond motifs is 2. The molecule has 2 aliphatic heterocycles. The second-order valence-corrected chi connectivity index (χ2v) is 9.16. The van der Waals surface area contributed by atoms with Crippen molar-refractivity contribution in [3.8, 4) is 11.5 Å². The first-order valence-corrected chi connectivity index (χ1v) is 12.1. The average molecular weight is 545 g/mol. The molecule has 6 rings (SSSR count). The lowest BCUT2D eigenvalue weighted by Crippen LogP contribution is -2.29. The van der Waals surface area contributed by atoms with Crippen molar-refractivity contribution in [2.24, 2.45) is 0 Å². The summed E-state index contributed by atoms with van der Waals surface area (Å²) in [6, 6.07) is 25.9. The largest absolute Gasteiger partial charge is 0.457 e. The first kappa shape index (κ1) is 25.2. The van der Waals surface area contributed by atoms with Crippen LogP contribution in [-0.2, 0) is 0 Å². The molecule has 188 valence electrons. The molecule has 0 saturated heterocycles. The molecular weight excluding hydrogens is 527 g/mol. The van der Waals surface area contributed by atoms with Gasteiger partial charge in [0.05, 0.1) is 38.0 Å². The number of halogens is 2. The van der Waals surface area contributed by atoms with Crippen LogP contribution in [-0.4, -0.2) is 35.6 Å². The first-order valence-electron chi connectivity index (χ1n) is 11.4. The lowest BCUT2D eigenvalue weighted by atomic mass is 10.1. The van der Waals surface area contributed by atoms with E-state index in [1.807, 2.05) is 30.3 Å². The summed E-state index contributed by atoms with van der Waals surface area (Å²) in [5.41, 5.74) is 1.75. The highest BCUT2D eigenvalue weighted by molar-refractivity contribution is 6.42. The van der Waals surface area contributed by atoms with Crippen LogP contribution in [0.3, 0.4) is 0 Å². The van der Waals surface area contributed by atoms with E-state index in [0.717, 1.165) is 9.80 Å². The highest BCUT2D eigenvalue weighted by Crippen LogP contribution is 2.34. The summed E-state index contributed by atoms with van der Waals surface area (Å²) in [5, 5.41) is 0.614. The van der Waals surface area contributed by atoms with Gasteiger partial charge in [-0.15, -0.1) is 0 Å².